The molecule has 2 aliphatic rings. The summed E-state index contributed by atoms with van der Waals surface area (Å²) < 4.78 is 122. The van der Waals surface area contributed by atoms with Crippen molar-refractivity contribution in [2.75, 3.05) is 0 Å². The van der Waals surface area contributed by atoms with Gasteiger partial charge in [-0.2, -0.15) is 8.78 Å². The maximum atomic E-state index is 15.0. The Labute approximate surface area is 243 Å². The number of aliphatic imine (C=N–C) groups is 1. The van der Waals surface area contributed by atoms with E-state index in [1.54, 1.807) is 6.92 Å². The number of hydrogen-bond acceptors (Lipinski definition) is 2. The van der Waals surface area contributed by atoms with E-state index in [4.69, 9.17) is 0 Å². The van der Waals surface area contributed by atoms with Gasteiger partial charge < -0.3 is 4.74 Å². The van der Waals surface area contributed by atoms with Crippen LogP contribution >= 0.6 is 0 Å². The van der Waals surface area contributed by atoms with Crippen LogP contribution < -0.4 is 4.74 Å². The second-order valence-corrected chi connectivity index (χ2v) is 10.8. The van der Waals surface area contributed by atoms with Crippen molar-refractivity contribution in [3.8, 4) is 16.9 Å². The normalized spacial score (nSPS) is 20.3. The van der Waals surface area contributed by atoms with Crippen LogP contribution in [0.5, 0.6) is 5.75 Å². The highest BCUT2D eigenvalue weighted by molar-refractivity contribution is 5.68. The molecule has 1 fully saturated rings. The number of alkyl halides is 2. The van der Waals surface area contributed by atoms with Crippen LogP contribution in [0.4, 0.5) is 35.1 Å². The molecule has 0 saturated heterocycles. The highest BCUT2D eigenvalue weighted by atomic mass is 19.3. The van der Waals surface area contributed by atoms with Crippen molar-refractivity contribution < 1.29 is 39.9 Å². The van der Waals surface area contributed by atoms with Gasteiger partial charge in [0.25, 0.3) is 0 Å². The molecule has 1 heterocycles. The van der Waals surface area contributed by atoms with Gasteiger partial charge in [-0.05, 0) is 79.5 Å². The molecule has 1 saturated carbocycles. The number of nitrogens with zero attached hydrogens (tertiary/aromatic N) is 1. The number of fused-ring (bicyclic) bond motifs is 2. The maximum absolute atomic E-state index is 15.0. The van der Waals surface area contributed by atoms with Crippen LogP contribution in [0.15, 0.2) is 71.0 Å². The lowest BCUT2D eigenvalue weighted by atomic mass is 9.88. The highest BCUT2D eigenvalue weighted by Crippen LogP contribution is 2.47. The van der Waals surface area contributed by atoms with E-state index in [1.807, 2.05) is 12.3 Å². The Bertz CT molecular complexity index is 1610. The van der Waals surface area contributed by atoms with Gasteiger partial charge >= 0.3 is 6.11 Å². The maximum Gasteiger partial charge on any atom is 0.432 e. The fourth-order valence-electron chi connectivity index (χ4n) is 5.88. The topological polar surface area (TPSA) is 21.6 Å². The molecule has 43 heavy (non-hydrogen) atoms. The number of hydrogen-bond donors (Lipinski definition) is 0. The molecule has 226 valence electrons. The summed E-state index contributed by atoms with van der Waals surface area (Å²) in [6.45, 7) is 3.25. The lowest BCUT2D eigenvalue weighted by molar-refractivity contribution is -0.189. The Kier molecular flexibility index (Phi) is 8.24. The Balaban J connectivity index is 1.35. The first-order valence-electron chi connectivity index (χ1n) is 13.8. The summed E-state index contributed by atoms with van der Waals surface area (Å²) in [7, 11) is 0. The summed E-state index contributed by atoms with van der Waals surface area (Å²) in [6.07, 6.45) is 2.80. The molecule has 0 spiro atoms. The third kappa shape index (κ3) is 5.96. The van der Waals surface area contributed by atoms with Gasteiger partial charge in [0.15, 0.2) is 0 Å². The molecular formula is C33H27F8NO. The molecule has 1 unspecified atom stereocenters. The summed E-state index contributed by atoms with van der Waals surface area (Å²) >= 11 is 0. The molecule has 0 amide bonds. The average molecular weight is 606 g/mol. The highest BCUT2D eigenvalue weighted by Gasteiger charge is 2.44. The van der Waals surface area contributed by atoms with Gasteiger partial charge in [-0.15, -0.1) is 0 Å². The number of rotatable bonds is 9. The van der Waals surface area contributed by atoms with Crippen LogP contribution in [0.25, 0.3) is 11.1 Å². The van der Waals surface area contributed by atoms with Crippen molar-refractivity contribution in [2.45, 2.75) is 57.6 Å². The van der Waals surface area contributed by atoms with E-state index >= 15 is 4.39 Å². The minimum Gasteiger partial charge on any atom is -0.429 e. The number of halogens is 8. The lowest BCUT2D eigenvalue weighted by Gasteiger charge is -2.24. The van der Waals surface area contributed by atoms with Crippen LogP contribution in [0.3, 0.4) is 0 Å². The summed E-state index contributed by atoms with van der Waals surface area (Å²) in [4.78, 5) is 4.58. The smallest absolute Gasteiger partial charge is 0.429 e. The van der Waals surface area contributed by atoms with Gasteiger partial charge in [0, 0.05) is 35.9 Å². The minimum absolute atomic E-state index is 0.0596. The van der Waals surface area contributed by atoms with Crippen LogP contribution in [-0.4, -0.2) is 11.8 Å². The first-order valence-corrected chi connectivity index (χ1v) is 13.8. The molecule has 3 aromatic rings. The Hall–Kier alpha value is -3.95. The predicted octanol–water partition coefficient (Wildman–Crippen LogP) is 9.71. The second-order valence-electron chi connectivity index (χ2n) is 10.8. The molecule has 2 atom stereocenters. The van der Waals surface area contributed by atoms with Gasteiger partial charge in [0.2, 0.25) is 0 Å². The zero-order chi connectivity index (χ0) is 31.1. The molecule has 3 aromatic carbocycles. The molecular weight excluding hydrogens is 578 g/mol. The largest absolute Gasteiger partial charge is 0.432 e. The van der Waals surface area contributed by atoms with Crippen LogP contribution in [0.2, 0.25) is 0 Å². The summed E-state index contributed by atoms with van der Waals surface area (Å²) in [5, 5.41) is 0. The molecule has 1 aliphatic heterocycles. The zero-order valence-electron chi connectivity index (χ0n) is 23.3. The number of allylic oxidation sites excluding steroid dienone is 2. The predicted molar refractivity (Wildman–Crippen MR) is 147 cm³/mol. The molecule has 0 N–H and O–H groups in total. The third-order valence-corrected chi connectivity index (χ3v) is 7.99. The van der Waals surface area contributed by atoms with E-state index in [9.17, 15) is 30.7 Å². The van der Waals surface area contributed by atoms with Crippen molar-refractivity contribution in [1.29, 1.82) is 0 Å². The fraction of sp³-hybridized carbons (Fsp3) is 0.303. The van der Waals surface area contributed by atoms with Gasteiger partial charge in [0.05, 0.1) is 5.54 Å². The summed E-state index contributed by atoms with van der Waals surface area (Å²) in [6, 6.07) is 5.48. The minimum atomic E-state index is -4.67. The second kappa shape index (κ2) is 11.6. The van der Waals surface area contributed by atoms with Crippen molar-refractivity contribution in [1.82, 2.24) is 0 Å². The Morgan fingerprint density at radius 1 is 0.977 bits per heavy atom. The van der Waals surface area contributed by atoms with Gasteiger partial charge in [-0.3, -0.25) is 4.99 Å². The van der Waals surface area contributed by atoms with Crippen molar-refractivity contribution in [3.63, 3.8) is 0 Å². The van der Waals surface area contributed by atoms with Crippen LogP contribution in [0, 0.1) is 35.0 Å². The molecule has 10 heteroatoms. The van der Waals surface area contributed by atoms with Gasteiger partial charge in [-0.1, -0.05) is 25.1 Å². The molecule has 2 bridgehead atoms. The van der Waals surface area contributed by atoms with Crippen molar-refractivity contribution >= 4 is 6.21 Å². The van der Waals surface area contributed by atoms with E-state index < -0.39 is 63.4 Å². The Morgan fingerprint density at radius 2 is 1.65 bits per heavy atom. The summed E-state index contributed by atoms with van der Waals surface area (Å²) in [5.41, 5.74) is -2.33. The SMILES string of the molecule is C/C=C(\C=C(\F)Cc1ccc(-c2cc(F)c(C(F)(F)Oc3cc(F)c(CC)c(F)c3)c(F)c2)c(F)c1)[C@@]12CCC(C=N1)C2. The van der Waals surface area contributed by atoms with E-state index in [0.29, 0.717) is 30.2 Å². The molecule has 2 nitrogen and oxygen atoms in total. The molecule has 0 aromatic heterocycles. The molecule has 5 rings (SSSR count). The van der Waals surface area contributed by atoms with Crippen LogP contribution in [-0.2, 0) is 19.0 Å². The quantitative estimate of drug-likeness (QED) is 0.176. The first kappa shape index (κ1) is 30.5. The molecule has 0 radical (unpaired) electrons. The number of benzene rings is 3. The van der Waals surface area contributed by atoms with E-state index in [1.165, 1.54) is 25.1 Å². The third-order valence-electron chi connectivity index (χ3n) is 7.99. The van der Waals surface area contributed by atoms with E-state index in [2.05, 4.69) is 9.73 Å². The lowest BCUT2D eigenvalue weighted by Crippen LogP contribution is -2.25. The van der Waals surface area contributed by atoms with Crippen molar-refractivity contribution in [3.05, 3.63) is 112 Å². The van der Waals surface area contributed by atoms with E-state index in [-0.39, 0.29) is 29.5 Å². The monoisotopic (exact) mass is 605 g/mol. The number of ether oxygens (including phenoxy) is 1. The zero-order valence-corrected chi connectivity index (χ0v) is 23.3. The first-order chi connectivity index (χ1) is 20.4. The molecule has 1 aliphatic carbocycles. The van der Waals surface area contributed by atoms with E-state index in [0.717, 1.165) is 30.9 Å². The average Bonchev–Trinajstić information content (AvgIpc) is 3.53. The Morgan fingerprint density at radius 3 is 2.16 bits per heavy atom. The van der Waals surface area contributed by atoms with Crippen molar-refractivity contribution in [2.24, 2.45) is 10.9 Å². The standard InChI is InChI=1S/C33H27F8NO/c1-3-21(32-8-7-19(16-32)17-42-32)13-22(34)9-18-5-6-25(26(35)10-18)20-11-29(38)31(30(39)12-20)33(40,41)43-23-14-27(36)24(4-2)28(37)15-23/h3,5-6,10-15,17,19H,4,7-9,16H2,1-2H3/b21-3+,22-13+/t19?,32-/m0/s1. The van der Waals surface area contributed by atoms with Crippen LogP contribution in [0.1, 0.15) is 49.8 Å². The van der Waals surface area contributed by atoms with Gasteiger partial charge in [0.1, 0.15) is 46.2 Å². The summed E-state index contributed by atoms with van der Waals surface area (Å²) in [5.74, 6) is -7.92. The fourth-order valence-corrected chi connectivity index (χ4v) is 5.88. The van der Waals surface area contributed by atoms with Gasteiger partial charge in [-0.25, -0.2) is 26.3 Å².